The van der Waals surface area contributed by atoms with Crippen molar-refractivity contribution in [3.8, 4) is 0 Å². The number of aliphatic hydroxyl groups excluding tert-OH is 1. The summed E-state index contributed by atoms with van der Waals surface area (Å²) in [5.74, 6) is -0.892. The lowest BCUT2D eigenvalue weighted by Crippen LogP contribution is -2.37. The van der Waals surface area contributed by atoms with Gasteiger partial charge in [0.1, 0.15) is 0 Å². The van der Waals surface area contributed by atoms with E-state index in [4.69, 9.17) is 10.2 Å². The third-order valence-corrected chi connectivity index (χ3v) is 3.54. The fraction of sp³-hybridized carbons (Fsp3) is 0.700. The molecule has 1 aliphatic rings. The minimum Gasteiger partial charge on any atom is -0.479 e. The van der Waals surface area contributed by atoms with Gasteiger partial charge in [-0.15, -0.1) is 0 Å². The lowest BCUT2D eigenvalue weighted by Gasteiger charge is -2.18. The predicted octanol–water partition coefficient (Wildman–Crippen LogP) is -0.440. The molecule has 1 fully saturated rings. The first-order valence-corrected chi connectivity index (χ1v) is 6.20. The molecule has 1 rings (SSSR count). The zero-order valence-electron chi connectivity index (χ0n) is 9.46. The van der Waals surface area contributed by atoms with Gasteiger partial charge in [-0.3, -0.25) is 9.59 Å². The van der Waals surface area contributed by atoms with Gasteiger partial charge in [-0.2, -0.15) is 0 Å². The molecular formula is C10H15NO5S. The minimum absolute atomic E-state index is 0.00136. The van der Waals surface area contributed by atoms with Crippen molar-refractivity contribution >= 4 is 28.8 Å². The van der Waals surface area contributed by atoms with Gasteiger partial charge in [0.25, 0.3) is 0 Å². The molecule has 0 radical (unpaired) electrons. The van der Waals surface area contributed by atoms with Crippen molar-refractivity contribution in [3.63, 3.8) is 0 Å². The Labute approximate surface area is 103 Å². The maximum Gasteiger partial charge on any atom is 0.334 e. The molecule has 0 aromatic heterocycles. The van der Waals surface area contributed by atoms with Gasteiger partial charge in [-0.05, 0) is 5.92 Å². The van der Waals surface area contributed by atoms with Crippen molar-refractivity contribution < 1.29 is 24.6 Å². The largest absolute Gasteiger partial charge is 0.479 e. The summed E-state index contributed by atoms with van der Waals surface area (Å²) in [6.07, 6.45) is -1.23. The third-order valence-electron chi connectivity index (χ3n) is 2.50. The number of carboxylic acids is 1. The number of hydrogen-bond donors (Lipinski definition) is 2. The van der Waals surface area contributed by atoms with Crippen LogP contribution >= 0.6 is 11.8 Å². The zero-order valence-corrected chi connectivity index (χ0v) is 10.3. The molecule has 0 saturated carbocycles. The Balaban J connectivity index is 2.41. The normalized spacial score (nSPS) is 21.6. The molecule has 2 unspecified atom stereocenters. The van der Waals surface area contributed by atoms with Gasteiger partial charge in [-0.25, -0.2) is 4.79 Å². The second-order valence-electron chi connectivity index (χ2n) is 4.03. The van der Waals surface area contributed by atoms with E-state index < -0.39 is 12.1 Å². The standard InChI is InChI=1S/C10H15NO5S/c1-6(12)17-5-7-2-9(14)11(3-7)4-8(13)10(15)16/h7-8,13H,2-5H2,1H3,(H,15,16). The highest BCUT2D eigenvalue weighted by Crippen LogP contribution is 2.22. The van der Waals surface area contributed by atoms with E-state index >= 15 is 0 Å². The molecule has 7 heteroatoms. The average Bonchev–Trinajstić information content (AvgIpc) is 2.56. The number of carbonyl (C=O) groups is 3. The Morgan fingerprint density at radius 1 is 1.59 bits per heavy atom. The maximum absolute atomic E-state index is 11.5. The van der Waals surface area contributed by atoms with E-state index in [0.29, 0.717) is 18.7 Å². The molecule has 96 valence electrons. The number of likely N-dealkylation sites (tertiary alicyclic amines) is 1. The average molecular weight is 261 g/mol. The summed E-state index contributed by atoms with van der Waals surface area (Å²) in [5, 5.41) is 17.7. The molecule has 6 nitrogen and oxygen atoms in total. The number of carbonyl (C=O) groups excluding carboxylic acids is 2. The Bertz CT molecular complexity index is 333. The highest BCUT2D eigenvalue weighted by Gasteiger charge is 2.32. The number of amides is 1. The second kappa shape index (κ2) is 6.02. The third kappa shape index (κ3) is 4.35. The van der Waals surface area contributed by atoms with Crippen LogP contribution in [0.5, 0.6) is 0 Å². The van der Waals surface area contributed by atoms with Crippen molar-refractivity contribution in [2.75, 3.05) is 18.8 Å². The van der Waals surface area contributed by atoms with Crippen molar-refractivity contribution in [1.29, 1.82) is 0 Å². The number of β-amino-alcohol motifs (C(OH)–C–C–N with tert-alkyl or cyclic N) is 1. The zero-order chi connectivity index (χ0) is 13.0. The van der Waals surface area contributed by atoms with Crippen LogP contribution in [-0.4, -0.2) is 57.1 Å². The van der Waals surface area contributed by atoms with Gasteiger partial charge < -0.3 is 15.1 Å². The highest BCUT2D eigenvalue weighted by molar-refractivity contribution is 8.13. The van der Waals surface area contributed by atoms with Crippen molar-refractivity contribution in [3.05, 3.63) is 0 Å². The summed E-state index contributed by atoms with van der Waals surface area (Å²) < 4.78 is 0. The van der Waals surface area contributed by atoms with Gasteiger partial charge in [0.05, 0.1) is 6.54 Å². The molecule has 0 aliphatic carbocycles. The fourth-order valence-electron chi connectivity index (χ4n) is 1.66. The SMILES string of the molecule is CC(=O)SCC1CC(=O)N(CC(O)C(=O)O)C1. The molecule has 1 heterocycles. The quantitative estimate of drug-likeness (QED) is 0.696. The Hall–Kier alpha value is -1.08. The predicted molar refractivity (Wildman–Crippen MR) is 61.5 cm³/mol. The number of thioether (sulfide) groups is 1. The first-order valence-electron chi connectivity index (χ1n) is 5.22. The number of nitrogens with zero attached hydrogens (tertiary/aromatic N) is 1. The summed E-state index contributed by atoms with van der Waals surface area (Å²) in [4.78, 5) is 34.1. The lowest BCUT2D eigenvalue weighted by atomic mass is 10.1. The van der Waals surface area contributed by atoms with Gasteiger partial charge in [-0.1, -0.05) is 11.8 Å². The molecule has 1 aliphatic heterocycles. The number of rotatable bonds is 5. The first kappa shape index (κ1) is 14.0. The summed E-state index contributed by atoms with van der Waals surface area (Å²) in [7, 11) is 0. The van der Waals surface area contributed by atoms with Crippen molar-refractivity contribution in [2.24, 2.45) is 5.92 Å². The second-order valence-corrected chi connectivity index (χ2v) is 5.22. The monoisotopic (exact) mass is 261 g/mol. The molecule has 0 aromatic carbocycles. The summed E-state index contributed by atoms with van der Waals surface area (Å²) in [5.41, 5.74) is 0. The van der Waals surface area contributed by atoms with E-state index in [1.165, 1.54) is 11.8 Å². The van der Waals surface area contributed by atoms with Crippen LogP contribution in [0.25, 0.3) is 0 Å². The summed E-state index contributed by atoms with van der Waals surface area (Å²) in [6, 6.07) is 0. The van der Waals surface area contributed by atoms with Crippen molar-refractivity contribution in [2.45, 2.75) is 19.4 Å². The van der Waals surface area contributed by atoms with Crippen molar-refractivity contribution in [1.82, 2.24) is 4.90 Å². The highest BCUT2D eigenvalue weighted by atomic mass is 32.2. The van der Waals surface area contributed by atoms with Crippen LogP contribution < -0.4 is 0 Å². The Morgan fingerprint density at radius 3 is 2.76 bits per heavy atom. The molecular weight excluding hydrogens is 246 g/mol. The number of aliphatic carboxylic acids is 1. The maximum atomic E-state index is 11.5. The molecule has 0 bridgehead atoms. The Morgan fingerprint density at radius 2 is 2.24 bits per heavy atom. The lowest BCUT2D eigenvalue weighted by molar-refractivity contribution is -0.148. The van der Waals surface area contributed by atoms with Crippen LogP contribution in [0.15, 0.2) is 0 Å². The molecule has 2 atom stereocenters. The van der Waals surface area contributed by atoms with Crippen LogP contribution in [0, 0.1) is 5.92 Å². The summed E-state index contributed by atoms with van der Waals surface area (Å²) in [6.45, 7) is 1.69. The van der Waals surface area contributed by atoms with Crippen LogP contribution in [0.3, 0.4) is 0 Å². The van der Waals surface area contributed by atoms with Crippen LogP contribution in [0.4, 0.5) is 0 Å². The summed E-state index contributed by atoms with van der Waals surface area (Å²) >= 11 is 1.16. The Kier molecular flexibility index (Phi) is 4.95. The number of carboxylic acid groups (broad SMARTS) is 1. The van der Waals surface area contributed by atoms with Crippen LogP contribution in [0.2, 0.25) is 0 Å². The van der Waals surface area contributed by atoms with Gasteiger partial charge in [0.15, 0.2) is 11.2 Å². The van der Waals surface area contributed by atoms with Gasteiger partial charge in [0.2, 0.25) is 5.91 Å². The van der Waals surface area contributed by atoms with E-state index in [1.54, 1.807) is 0 Å². The first-order chi connectivity index (χ1) is 7.90. The molecule has 17 heavy (non-hydrogen) atoms. The van der Waals surface area contributed by atoms with Crippen LogP contribution in [0.1, 0.15) is 13.3 Å². The molecule has 0 spiro atoms. The molecule has 2 N–H and O–H groups in total. The fourth-order valence-corrected chi connectivity index (χ4v) is 2.36. The number of aliphatic hydroxyl groups is 1. The molecule has 1 amide bonds. The van der Waals surface area contributed by atoms with E-state index in [9.17, 15) is 14.4 Å². The van der Waals surface area contributed by atoms with E-state index in [0.717, 1.165) is 11.8 Å². The van der Waals surface area contributed by atoms with Crippen LogP contribution in [-0.2, 0) is 14.4 Å². The molecule has 0 aromatic rings. The topological polar surface area (TPSA) is 94.9 Å². The smallest absolute Gasteiger partial charge is 0.334 e. The minimum atomic E-state index is -1.54. The van der Waals surface area contributed by atoms with Gasteiger partial charge in [0, 0.05) is 25.6 Å². The van der Waals surface area contributed by atoms with E-state index in [-0.39, 0.29) is 23.5 Å². The van der Waals surface area contributed by atoms with E-state index in [2.05, 4.69) is 0 Å². The number of hydrogen-bond acceptors (Lipinski definition) is 5. The van der Waals surface area contributed by atoms with E-state index in [1.807, 2.05) is 0 Å². The van der Waals surface area contributed by atoms with Gasteiger partial charge >= 0.3 is 5.97 Å². The molecule has 1 saturated heterocycles.